The molecule has 0 bridgehead atoms. The molecule has 1 aliphatic rings. The van der Waals surface area contributed by atoms with Gasteiger partial charge in [0.1, 0.15) is 6.61 Å². The van der Waals surface area contributed by atoms with E-state index in [4.69, 9.17) is 4.74 Å². The van der Waals surface area contributed by atoms with Crippen LogP contribution in [0.2, 0.25) is 0 Å². The molecule has 2 amide bonds. The Hall–Kier alpha value is -2.60. The molecule has 2 rings (SSSR count). The van der Waals surface area contributed by atoms with Crippen LogP contribution in [-0.4, -0.2) is 47.3 Å². The summed E-state index contributed by atoms with van der Waals surface area (Å²) >= 11 is 1.83. The zero-order chi connectivity index (χ0) is 28.3. The summed E-state index contributed by atoms with van der Waals surface area (Å²) < 4.78 is 5.32. The number of carbonyl (C=O) groups excluding carboxylic acids is 3. The van der Waals surface area contributed by atoms with Crippen molar-refractivity contribution < 1.29 is 19.1 Å². The number of nitrogens with zero attached hydrogens (tertiary/aromatic N) is 1. The van der Waals surface area contributed by atoms with Crippen molar-refractivity contribution in [3.05, 3.63) is 72.9 Å². The van der Waals surface area contributed by atoms with Gasteiger partial charge in [-0.3, -0.25) is 19.3 Å². The van der Waals surface area contributed by atoms with Crippen LogP contribution in [0.25, 0.3) is 0 Å². The predicted octanol–water partition coefficient (Wildman–Crippen LogP) is 7.50. The molecule has 39 heavy (non-hydrogen) atoms. The number of hydrogen-bond donors (Lipinski definition) is 0. The van der Waals surface area contributed by atoms with E-state index in [9.17, 15) is 14.4 Å². The molecular weight excluding hydrogens is 506 g/mol. The van der Waals surface area contributed by atoms with Gasteiger partial charge in [-0.25, -0.2) is 0 Å². The van der Waals surface area contributed by atoms with Gasteiger partial charge in [-0.15, -0.1) is 6.58 Å². The lowest BCUT2D eigenvalue weighted by Gasteiger charge is -2.17. The quantitative estimate of drug-likeness (QED) is 0.0683. The van der Waals surface area contributed by atoms with Gasteiger partial charge >= 0.3 is 5.97 Å². The maximum Gasteiger partial charge on any atom is 0.305 e. The second-order valence-corrected chi connectivity index (χ2v) is 11.6. The van der Waals surface area contributed by atoms with Crippen LogP contribution in [0.1, 0.15) is 83.1 Å². The van der Waals surface area contributed by atoms with Gasteiger partial charge in [-0.1, -0.05) is 62.4 Å². The van der Waals surface area contributed by atoms with Crippen LogP contribution in [-0.2, 0) is 19.1 Å². The molecule has 1 aliphatic heterocycles. The lowest BCUT2D eigenvalue weighted by molar-refractivity contribution is -0.143. The number of ether oxygens (including phenoxy) is 1. The monoisotopic (exact) mass is 553 g/mol. The first kappa shape index (κ1) is 32.6. The molecule has 1 aromatic rings. The first-order chi connectivity index (χ1) is 18.9. The van der Waals surface area contributed by atoms with Crippen LogP contribution in [0.5, 0.6) is 0 Å². The Bertz CT molecular complexity index is 924. The van der Waals surface area contributed by atoms with Gasteiger partial charge in [0.05, 0.1) is 0 Å². The van der Waals surface area contributed by atoms with E-state index in [1.165, 1.54) is 29.0 Å². The Kier molecular flexibility index (Phi) is 16.3. The summed E-state index contributed by atoms with van der Waals surface area (Å²) in [5, 5.41) is 0. The summed E-state index contributed by atoms with van der Waals surface area (Å²) in [6, 6.07) is 10.8. The van der Waals surface area contributed by atoms with Crippen molar-refractivity contribution in [1.82, 2.24) is 4.90 Å². The SMILES string of the molecule is C=CC(CC/C=C/CC(CC)c1ccccc1)CC(C)CCSCCOC(=O)CCCCN1C(=O)C=CC1=O. The van der Waals surface area contributed by atoms with Crippen LogP contribution >= 0.6 is 11.8 Å². The normalized spacial score (nSPS) is 15.6. The van der Waals surface area contributed by atoms with Crippen molar-refractivity contribution in [2.24, 2.45) is 11.8 Å². The highest BCUT2D eigenvalue weighted by molar-refractivity contribution is 7.99. The molecule has 0 saturated heterocycles. The number of thioether (sulfide) groups is 1. The number of rotatable bonds is 21. The predicted molar refractivity (Wildman–Crippen MR) is 163 cm³/mol. The molecule has 1 aromatic carbocycles. The molecule has 0 aromatic heterocycles. The largest absolute Gasteiger partial charge is 0.465 e. The molecule has 0 fully saturated rings. The average Bonchev–Trinajstić information content (AvgIpc) is 3.26. The van der Waals surface area contributed by atoms with Crippen LogP contribution < -0.4 is 0 Å². The fourth-order valence-electron chi connectivity index (χ4n) is 4.78. The second kappa shape index (κ2) is 19.5. The Morgan fingerprint density at radius 1 is 1.05 bits per heavy atom. The van der Waals surface area contributed by atoms with E-state index in [0.29, 0.717) is 50.2 Å². The molecule has 0 saturated carbocycles. The van der Waals surface area contributed by atoms with Gasteiger partial charge < -0.3 is 4.74 Å². The van der Waals surface area contributed by atoms with Crippen molar-refractivity contribution >= 4 is 29.5 Å². The van der Waals surface area contributed by atoms with Crippen LogP contribution in [0.15, 0.2) is 67.3 Å². The molecule has 0 spiro atoms. The summed E-state index contributed by atoms with van der Waals surface area (Å²) in [4.78, 5) is 36.1. The van der Waals surface area contributed by atoms with Crippen LogP contribution in [0.4, 0.5) is 0 Å². The maximum atomic E-state index is 11.9. The highest BCUT2D eigenvalue weighted by Gasteiger charge is 2.22. The first-order valence-corrected chi connectivity index (χ1v) is 15.7. The lowest BCUT2D eigenvalue weighted by atomic mass is 9.90. The number of allylic oxidation sites excluding steroid dienone is 3. The van der Waals surface area contributed by atoms with Crippen LogP contribution in [0.3, 0.4) is 0 Å². The summed E-state index contributed by atoms with van der Waals surface area (Å²) in [5.74, 6) is 2.88. The number of benzene rings is 1. The molecule has 214 valence electrons. The number of carbonyl (C=O) groups is 3. The zero-order valence-corrected chi connectivity index (χ0v) is 24.7. The van der Waals surface area contributed by atoms with Gasteiger partial charge in [-0.2, -0.15) is 11.8 Å². The van der Waals surface area contributed by atoms with Gasteiger partial charge in [0.25, 0.3) is 11.8 Å². The van der Waals surface area contributed by atoms with E-state index < -0.39 is 0 Å². The van der Waals surface area contributed by atoms with Gasteiger partial charge in [0.2, 0.25) is 0 Å². The summed E-state index contributed by atoms with van der Waals surface area (Å²) in [6.07, 6.45) is 17.7. The van der Waals surface area contributed by atoms with Crippen molar-refractivity contribution in [2.45, 2.75) is 77.6 Å². The van der Waals surface area contributed by atoms with Gasteiger partial charge in [-0.05, 0) is 80.4 Å². The van der Waals surface area contributed by atoms with Crippen molar-refractivity contribution in [3.8, 4) is 0 Å². The molecule has 6 heteroatoms. The third kappa shape index (κ3) is 13.3. The number of amides is 2. The van der Waals surface area contributed by atoms with E-state index in [-0.39, 0.29) is 17.8 Å². The number of esters is 1. The first-order valence-electron chi connectivity index (χ1n) is 14.5. The number of imide groups is 1. The molecule has 0 N–H and O–H groups in total. The third-order valence-electron chi connectivity index (χ3n) is 7.25. The molecule has 3 atom stereocenters. The van der Waals surface area contributed by atoms with Gasteiger partial charge in [0, 0.05) is 30.9 Å². The fourth-order valence-corrected chi connectivity index (χ4v) is 5.76. The molecule has 0 radical (unpaired) electrons. The van der Waals surface area contributed by atoms with Crippen molar-refractivity contribution in [3.63, 3.8) is 0 Å². The Labute approximate surface area is 240 Å². The molecule has 0 aliphatic carbocycles. The molecule has 3 unspecified atom stereocenters. The topological polar surface area (TPSA) is 63.7 Å². The number of unbranched alkanes of at least 4 members (excludes halogenated alkanes) is 1. The third-order valence-corrected chi connectivity index (χ3v) is 8.23. The van der Waals surface area contributed by atoms with E-state index in [2.05, 4.69) is 69.0 Å². The van der Waals surface area contributed by atoms with Crippen molar-refractivity contribution in [1.29, 1.82) is 0 Å². The smallest absolute Gasteiger partial charge is 0.305 e. The van der Waals surface area contributed by atoms with E-state index in [1.54, 1.807) is 0 Å². The Morgan fingerprint density at radius 3 is 2.49 bits per heavy atom. The molecule has 1 heterocycles. The summed E-state index contributed by atoms with van der Waals surface area (Å²) in [7, 11) is 0. The number of hydrogen-bond acceptors (Lipinski definition) is 5. The molecule has 5 nitrogen and oxygen atoms in total. The van der Waals surface area contributed by atoms with E-state index >= 15 is 0 Å². The summed E-state index contributed by atoms with van der Waals surface area (Å²) in [5.41, 5.74) is 1.43. The molecular formula is C33H47NO4S. The minimum Gasteiger partial charge on any atom is -0.465 e. The van der Waals surface area contributed by atoms with Crippen LogP contribution in [0, 0.1) is 11.8 Å². The highest BCUT2D eigenvalue weighted by atomic mass is 32.2. The minimum absolute atomic E-state index is 0.214. The lowest BCUT2D eigenvalue weighted by Crippen LogP contribution is -2.30. The maximum absolute atomic E-state index is 11.9. The summed E-state index contributed by atoms with van der Waals surface area (Å²) in [6.45, 7) is 9.43. The zero-order valence-electron chi connectivity index (χ0n) is 23.9. The highest BCUT2D eigenvalue weighted by Crippen LogP contribution is 2.25. The Balaban J connectivity index is 1.47. The standard InChI is InChI=1S/C33H47NO4S/c1-4-28(14-8-6-9-15-29(5-2)30-16-10-7-11-17-30)26-27(3)21-24-39-25-23-38-33(37)18-12-13-22-34-31(35)19-20-32(34)36/h4,6-7,9-11,16-17,19-20,27-29H,1,5,8,12-15,18,21-26H2,2-3H3/b9-6+. The van der Waals surface area contributed by atoms with E-state index in [0.717, 1.165) is 43.6 Å². The Morgan fingerprint density at radius 2 is 1.79 bits per heavy atom. The minimum atomic E-state index is -0.277. The van der Waals surface area contributed by atoms with Gasteiger partial charge in [0.15, 0.2) is 0 Å². The second-order valence-electron chi connectivity index (χ2n) is 10.4. The fraction of sp³-hybridized carbons (Fsp3) is 0.545. The van der Waals surface area contributed by atoms with Crippen molar-refractivity contribution in [2.75, 3.05) is 24.7 Å². The average molecular weight is 554 g/mol. The van der Waals surface area contributed by atoms with E-state index in [1.807, 2.05) is 11.8 Å².